The molecule has 2 aromatic rings. The highest BCUT2D eigenvalue weighted by Crippen LogP contribution is 2.70. The summed E-state index contributed by atoms with van der Waals surface area (Å²) < 4.78 is 13.0. The van der Waals surface area contributed by atoms with Crippen molar-refractivity contribution >= 4 is 22.4 Å². The molecule has 5 rings (SSSR count). The number of rotatable bonds is 4. The fourth-order valence-electron chi connectivity index (χ4n) is 4.72. The minimum atomic E-state index is -0.227. The number of nitrogens with one attached hydrogen (secondary N) is 1. The Bertz CT molecular complexity index is 853. The summed E-state index contributed by atoms with van der Waals surface area (Å²) in [6, 6.07) is 6.50. The average molecular weight is 354 g/mol. The molecule has 2 fully saturated rings. The van der Waals surface area contributed by atoms with Crippen LogP contribution in [0.1, 0.15) is 29.7 Å². The number of thiazole rings is 1. The maximum Gasteiger partial charge on any atom is 0.229 e. The molecule has 1 N–H and O–H groups in total. The number of amides is 1. The molecule has 1 heterocycles. The van der Waals surface area contributed by atoms with Gasteiger partial charge < -0.3 is 5.32 Å². The third-order valence-electron chi connectivity index (χ3n) is 6.13. The molecular formula is C20H19FN2OS. The van der Waals surface area contributed by atoms with E-state index in [0.717, 1.165) is 16.9 Å². The smallest absolute Gasteiger partial charge is 0.229 e. The third kappa shape index (κ3) is 2.53. The van der Waals surface area contributed by atoms with Gasteiger partial charge in [-0.1, -0.05) is 24.3 Å². The van der Waals surface area contributed by atoms with Gasteiger partial charge in [0, 0.05) is 23.4 Å². The van der Waals surface area contributed by atoms with E-state index in [9.17, 15) is 9.18 Å². The van der Waals surface area contributed by atoms with Crippen molar-refractivity contribution in [2.24, 2.45) is 23.2 Å². The average Bonchev–Trinajstić information content (AvgIpc) is 3.07. The van der Waals surface area contributed by atoms with Crippen LogP contribution in [0.4, 0.5) is 9.52 Å². The Morgan fingerprint density at radius 2 is 2.08 bits per heavy atom. The molecule has 2 saturated carbocycles. The van der Waals surface area contributed by atoms with E-state index < -0.39 is 0 Å². The van der Waals surface area contributed by atoms with Crippen LogP contribution in [0.25, 0.3) is 0 Å². The van der Waals surface area contributed by atoms with Gasteiger partial charge in [0.05, 0.1) is 0 Å². The maximum atomic E-state index is 13.0. The normalized spacial score (nSPS) is 27.8. The lowest BCUT2D eigenvalue weighted by atomic mass is 9.88. The van der Waals surface area contributed by atoms with E-state index in [1.165, 1.54) is 36.3 Å². The number of nitrogens with zero attached hydrogens (tertiary/aromatic N) is 1. The van der Waals surface area contributed by atoms with Crippen molar-refractivity contribution in [1.29, 1.82) is 0 Å². The van der Waals surface area contributed by atoms with Crippen molar-refractivity contribution < 1.29 is 9.18 Å². The summed E-state index contributed by atoms with van der Waals surface area (Å²) in [6.45, 7) is 0. The van der Waals surface area contributed by atoms with Crippen molar-refractivity contribution in [2.45, 2.75) is 25.7 Å². The number of hydrogen-bond donors (Lipinski definition) is 1. The second-order valence-corrected chi connectivity index (χ2v) is 8.63. The number of halogens is 1. The largest absolute Gasteiger partial charge is 0.302 e. The van der Waals surface area contributed by atoms with Gasteiger partial charge in [0.15, 0.2) is 5.13 Å². The van der Waals surface area contributed by atoms with E-state index in [1.807, 2.05) is 0 Å². The van der Waals surface area contributed by atoms with Crippen molar-refractivity contribution in [3.05, 3.63) is 58.9 Å². The van der Waals surface area contributed by atoms with Crippen LogP contribution < -0.4 is 5.32 Å². The predicted octanol–water partition coefficient (Wildman–Crippen LogP) is 4.41. The van der Waals surface area contributed by atoms with Crippen LogP contribution >= 0.6 is 11.3 Å². The SMILES string of the molecule is O=C(Nc1ncc(Cc2ccc(F)cc2)s1)[C@H]1C[C@H]2C=C[C@H]1C21CC1. The molecule has 3 nitrogen and oxygen atoms in total. The molecule has 2 bridgehead atoms. The number of hydrogen-bond acceptors (Lipinski definition) is 3. The predicted molar refractivity (Wildman–Crippen MR) is 95.8 cm³/mol. The topological polar surface area (TPSA) is 42.0 Å². The second-order valence-electron chi connectivity index (χ2n) is 7.52. The maximum absolute atomic E-state index is 13.0. The monoisotopic (exact) mass is 354 g/mol. The number of carbonyl (C=O) groups is 1. The van der Waals surface area contributed by atoms with E-state index in [0.29, 0.717) is 28.8 Å². The molecule has 3 atom stereocenters. The van der Waals surface area contributed by atoms with Crippen LogP contribution in [-0.4, -0.2) is 10.9 Å². The van der Waals surface area contributed by atoms with Gasteiger partial charge in [0.25, 0.3) is 0 Å². The molecule has 3 aliphatic carbocycles. The minimum Gasteiger partial charge on any atom is -0.302 e. The number of carbonyl (C=O) groups excluding carboxylic acids is 1. The summed E-state index contributed by atoms with van der Waals surface area (Å²) in [7, 11) is 0. The molecule has 1 aromatic heterocycles. The van der Waals surface area contributed by atoms with E-state index in [4.69, 9.17) is 0 Å². The van der Waals surface area contributed by atoms with Crippen LogP contribution in [0.15, 0.2) is 42.6 Å². The third-order valence-corrected chi connectivity index (χ3v) is 7.05. The molecule has 0 saturated heterocycles. The standard InChI is InChI=1S/C20H19FN2OS/c21-14-4-1-12(2-5-14)9-15-11-22-19(25-15)23-18(24)16-10-13-3-6-17(16)20(13)7-8-20/h1-6,11,13,16-17H,7-10H2,(H,22,23,24)/t13-,16+,17-/m1/s1. The zero-order valence-corrected chi connectivity index (χ0v) is 14.6. The fourth-order valence-corrected chi connectivity index (χ4v) is 5.57. The summed E-state index contributed by atoms with van der Waals surface area (Å²) in [4.78, 5) is 18.1. The summed E-state index contributed by atoms with van der Waals surface area (Å²) in [5, 5.41) is 3.69. The molecule has 25 heavy (non-hydrogen) atoms. The van der Waals surface area contributed by atoms with Gasteiger partial charge >= 0.3 is 0 Å². The molecule has 1 amide bonds. The van der Waals surface area contributed by atoms with Gasteiger partial charge in [0.2, 0.25) is 5.91 Å². The Morgan fingerprint density at radius 3 is 2.80 bits per heavy atom. The van der Waals surface area contributed by atoms with Crippen LogP contribution in [0.3, 0.4) is 0 Å². The molecule has 0 radical (unpaired) electrons. The van der Waals surface area contributed by atoms with Gasteiger partial charge in [-0.25, -0.2) is 9.37 Å². The Labute approximate surface area is 150 Å². The Hall–Kier alpha value is -2.01. The lowest BCUT2D eigenvalue weighted by molar-refractivity contribution is -0.120. The van der Waals surface area contributed by atoms with Crippen molar-refractivity contribution in [3.63, 3.8) is 0 Å². The highest BCUT2D eigenvalue weighted by molar-refractivity contribution is 7.15. The van der Waals surface area contributed by atoms with Crippen LogP contribution in [-0.2, 0) is 11.2 Å². The molecule has 1 spiro atoms. The van der Waals surface area contributed by atoms with Crippen molar-refractivity contribution in [2.75, 3.05) is 5.32 Å². The van der Waals surface area contributed by atoms with E-state index in [-0.39, 0.29) is 17.6 Å². The highest BCUT2D eigenvalue weighted by Gasteiger charge is 2.64. The van der Waals surface area contributed by atoms with E-state index in [1.54, 1.807) is 18.3 Å². The number of aromatic nitrogens is 1. The zero-order chi connectivity index (χ0) is 17.0. The van der Waals surface area contributed by atoms with Gasteiger partial charge in [-0.3, -0.25) is 4.79 Å². The Morgan fingerprint density at radius 1 is 1.28 bits per heavy atom. The zero-order valence-electron chi connectivity index (χ0n) is 13.7. The van der Waals surface area contributed by atoms with E-state index >= 15 is 0 Å². The molecule has 3 aliphatic rings. The fraction of sp³-hybridized carbons (Fsp3) is 0.400. The molecule has 5 heteroatoms. The first kappa shape index (κ1) is 15.3. The number of benzene rings is 1. The molecular weight excluding hydrogens is 335 g/mol. The van der Waals surface area contributed by atoms with Gasteiger partial charge in [-0.2, -0.15) is 0 Å². The first-order chi connectivity index (χ1) is 12.1. The minimum absolute atomic E-state index is 0.0990. The van der Waals surface area contributed by atoms with Crippen molar-refractivity contribution in [1.82, 2.24) is 4.98 Å². The molecule has 1 aromatic carbocycles. The Balaban J connectivity index is 1.25. The van der Waals surface area contributed by atoms with Crippen molar-refractivity contribution in [3.8, 4) is 0 Å². The van der Waals surface area contributed by atoms with Gasteiger partial charge in [-0.15, -0.1) is 11.3 Å². The van der Waals surface area contributed by atoms with Crippen LogP contribution in [0, 0.1) is 29.0 Å². The number of allylic oxidation sites excluding steroid dienone is 2. The van der Waals surface area contributed by atoms with Gasteiger partial charge in [0.1, 0.15) is 5.82 Å². The molecule has 0 unspecified atom stereocenters. The van der Waals surface area contributed by atoms with Gasteiger partial charge in [-0.05, 0) is 54.2 Å². The quantitative estimate of drug-likeness (QED) is 0.826. The van der Waals surface area contributed by atoms with Crippen LogP contribution in [0.5, 0.6) is 0 Å². The first-order valence-corrected chi connectivity index (χ1v) is 9.64. The highest BCUT2D eigenvalue weighted by atomic mass is 32.1. The summed E-state index contributed by atoms with van der Waals surface area (Å²) in [5.41, 5.74) is 1.47. The van der Waals surface area contributed by atoms with Crippen LogP contribution in [0.2, 0.25) is 0 Å². The summed E-state index contributed by atoms with van der Waals surface area (Å²) in [6.07, 6.45) is 10.6. The number of anilines is 1. The summed E-state index contributed by atoms with van der Waals surface area (Å²) >= 11 is 1.50. The Kier molecular flexibility index (Phi) is 3.35. The first-order valence-electron chi connectivity index (χ1n) is 8.82. The summed E-state index contributed by atoms with van der Waals surface area (Å²) in [5.74, 6) is 1.02. The molecule has 0 aliphatic heterocycles. The van der Waals surface area contributed by atoms with E-state index in [2.05, 4.69) is 22.5 Å². The molecule has 128 valence electrons. The second kappa shape index (κ2) is 5.49. The lowest BCUT2D eigenvalue weighted by Gasteiger charge is -2.18. The lowest BCUT2D eigenvalue weighted by Crippen LogP contribution is -2.27.